The Hall–Kier alpha value is -4.49. The lowest BCUT2D eigenvalue weighted by molar-refractivity contribution is -0.308. The topological polar surface area (TPSA) is 172 Å². The molecule has 2 aliphatic heterocycles. The van der Waals surface area contributed by atoms with Crippen molar-refractivity contribution in [1.82, 2.24) is 0 Å². The van der Waals surface area contributed by atoms with E-state index in [1.165, 1.54) is 6.08 Å². The first-order valence-corrected chi connectivity index (χ1v) is 20.3. The van der Waals surface area contributed by atoms with Crippen molar-refractivity contribution in [2.75, 3.05) is 6.61 Å². The van der Waals surface area contributed by atoms with Gasteiger partial charge in [0.15, 0.2) is 18.2 Å². The number of aliphatic hydroxyl groups excluding tert-OH is 2. The van der Waals surface area contributed by atoms with E-state index in [4.69, 9.17) is 23.7 Å². The first kappa shape index (κ1) is 46.2. The average Bonchev–Trinajstić information content (AvgIpc) is 3.21. The molecule has 4 rings (SSSR count). The zero-order valence-electron chi connectivity index (χ0n) is 34.6. The molecule has 0 aliphatic carbocycles. The average molecular weight is 805 g/mol. The van der Waals surface area contributed by atoms with Crippen LogP contribution in [-0.4, -0.2) is 89.7 Å². The molecular weight excluding hydrogens is 744 g/mol. The van der Waals surface area contributed by atoms with Crippen LogP contribution < -0.4 is 0 Å². The van der Waals surface area contributed by atoms with Crippen LogP contribution in [0.5, 0.6) is 0 Å². The Morgan fingerprint density at radius 2 is 1.48 bits per heavy atom. The number of benzene rings is 2. The second-order valence-corrected chi connectivity index (χ2v) is 16.0. The molecule has 0 spiro atoms. The van der Waals surface area contributed by atoms with Crippen molar-refractivity contribution in [2.24, 2.45) is 35.5 Å². The van der Waals surface area contributed by atoms with E-state index in [-0.39, 0.29) is 36.7 Å². The highest BCUT2D eigenvalue weighted by Crippen LogP contribution is 2.40. The summed E-state index contributed by atoms with van der Waals surface area (Å²) < 4.78 is 31.5. The summed E-state index contributed by atoms with van der Waals surface area (Å²) in [6, 6.07) is 16.9. The van der Waals surface area contributed by atoms with Crippen LogP contribution in [0.4, 0.5) is 0 Å². The van der Waals surface area contributed by atoms with E-state index in [0.29, 0.717) is 17.6 Å². The lowest BCUT2D eigenvalue weighted by atomic mass is 9.78. The van der Waals surface area contributed by atoms with Gasteiger partial charge in [-0.3, -0.25) is 9.59 Å². The number of hydrogen-bond acceptors (Lipinski definition) is 12. The summed E-state index contributed by atoms with van der Waals surface area (Å²) in [4.78, 5) is 66.5. The van der Waals surface area contributed by atoms with E-state index < -0.39 is 96.8 Å². The summed E-state index contributed by atoms with van der Waals surface area (Å²) in [7, 11) is 0. The monoisotopic (exact) mass is 804 g/mol. The molecule has 12 atom stereocenters. The third-order valence-corrected chi connectivity index (χ3v) is 11.3. The first-order chi connectivity index (χ1) is 27.7. The van der Waals surface area contributed by atoms with Crippen molar-refractivity contribution in [3.05, 3.63) is 95.6 Å². The van der Waals surface area contributed by atoms with Crippen molar-refractivity contribution in [3.63, 3.8) is 0 Å². The van der Waals surface area contributed by atoms with Gasteiger partial charge in [0.1, 0.15) is 18.5 Å². The summed E-state index contributed by atoms with van der Waals surface area (Å²) >= 11 is 0. The van der Waals surface area contributed by atoms with E-state index in [1.807, 2.05) is 20.8 Å². The van der Waals surface area contributed by atoms with E-state index in [2.05, 4.69) is 0 Å². The van der Waals surface area contributed by atoms with Crippen LogP contribution in [0.15, 0.2) is 84.5 Å². The van der Waals surface area contributed by atoms with Gasteiger partial charge in [-0.05, 0) is 68.9 Å². The third-order valence-electron chi connectivity index (χ3n) is 11.3. The van der Waals surface area contributed by atoms with Gasteiger partial charge in [0.2, 0.25) is 0 Å². The summed E-state index contributed by atoms with van der Waals surface area (Å²) in [5.74, 6) is -5.73. The Morgan fingerprint density at radius 1 is 0.897 bits per heavy atom. The van der Waals surface area contributed by atoms with Crippen LogP contribution in [-0.2, 0) is 38.1 Å². The maximum atomic E-state index is 13.8. The second-order valence-electron chi connectivity index (χ2n) is 16.0. The van der Waals surface area contributed by atoms with Crippen LogP contribution in [0, 0.1) is 35.5 Å². The number of allylic oxidation sites excluding steroid dienone is 3. The number of aldehydes is 1. The number of ether oxygens (including phenoxy) is 5. The van der Waals surface area contributed by atoms with E-state index in [1.54, 1.807) is 101 Å². The molecule has 2 aliphatic rings. The molecule has 2 aromatic carbocycles. The molecule has 1 unspecified atom stereocenters. The zero-order chi connectivity index (χ0) is 42.5. The van der Waals surface area contributed by atoms with E-state index >= 15 is 0 Å². The van der Waals surface area contributed by atoms with Crippen molar-refractivity contribution in [3.8, 4) is 0 Å². The predicted octanol–water partition coefficient (Wildman–Crippen LogP) is 6.47. The number of carbonyl (C=O) groups is 5. The van der Waals surface area contributed by atoms with E-state index in [9.17, 15) is 34.2 Å². The fourth-order valence-electron chi connectivity index (χ4n) is 7.95. The summed E-state index contributed by atoms with van der Waals surface area (Å²) in [6.07, 6.45) is -1.59. The van der Waals surface area contributed by atoms with Crippen molar-refractivity contribution in [1.29, 1.82) is 0 Å². The molecule has 1 fully saturated rings. The molecule has 12 nitrogen and oxygen atoms in total. The molecule has 0 amide bonds. The SMILES string of the molecule is CC[C@H]1OC(=O)C[C@@H](O)[C@H](C)[C@@H](OC2O[C@H](C)[C@@H](OC(=O)c3ccccc3)[C@H](C(C)C)[C@H]2OC(=O)c2ccccc2)[C@@H](CC=O)C[C@@H](C)C(=O)C=CC(C)=C[C@@H]1CO. The van der Waals surface area contributed by atoms with Crippen LogP contribution >= 0.6 is 0 Å². The summed E-state index contributed by atoms with van der Waals surface area (Å²) in [5.41, 5.74) is 1.29. The maximum Gasteiger partial charge on any atom is 0.338 e. The van der Waals surface area contributed by atoms with Gasteiger partial charge in [-0.15, -0.1) is 0 Å². The minimum atomic E-state index is -1.35. The number of aliphatic hydroxyl groups is 2. The lowest BCUT2D eigenvalue weighted by Crippen LogP contribution is -2.60. The molecule has 0 aromatic heterocycles. The van der Waals surface area contributed by atoms with Crippen LogP contribution in [0.3, 0.4) is 0 Å². The van der Waals surface area contributed by atoms with Gasteiger partial charge in [-0.1, -0.05) is 88.7 Å². The lowest BCUT2D eigenvalue weighted by Gasteiger charge is -2.48. The summed E-state index contributed by atoms with van der Waals surface area (Å²) in [5, 5.41) is 21.9. The Bertz CT molecular complexity index is 1720. The predicted molar refractivity (Wildman–Crippen MR) is 215 cm³/mol. The highest BCUT2D eigenvalue weighted by molar-refractivity contribution is 5.92. The zero-order valence-corrected chi connectivity index (χ0v) is 34.6. The van der Waals surface area contributed by atoms with Gasteiger partial charge in [0, 0.05) is 30.1 Å². The minimum Gasteiger partial charge on any atom is -0.462 e. The van der Waals surface area contributed by atoms with E-state index in [0.717, 1.165) is 6.29 Å². The normalized spacial score (nSPS) is 31.5. The van der Waals surface area contributed by atoms with Gasteiger partial charge >= 0.3 is 17.9 Å². The molecular formula is C46H60O12. The molecule has 1 saturated heterocycles. The van der Waals surface area contributed by atoms with Gasteiger partial charge in [0.05, 0.1) is 42.5 Å². The Balaban J connectivity index is 1.78. The Labute approximate surface area is 341 Å². The van der Waals surface area contributed by atoms with Crippen molar-refractivity contribution in [2.45, 2.75) is 117 Å². The van der Waals surface area contributed by atoms with Crippen molar-refractivity contribution < 1.29 is 57.9 Å². The largest absolute Gasteiger partial charge is 0.462 e. The number of rotatable bonds is 11. The quantitative estimate of drug-likeness (QED) is 0.144. The molecule has 2 N–H and O–H groups in total. The maximum absolute atomic E-state index is 13.8. The third kappa shape index (κ3) is 12.3. The molecule has 316 valence electrons. The highest BCUT2D eigenvalue weighted by Gasteiger charge is 2.52. The smallest absolute Gasteiger partial charge is 0.338 e. The number of ketones is 1. The first-order valence-electron chi connectivity index (χ1n) is 20.3. The van der Waals surface area contributed by atoms with Crippen molar-refractivity contribution >= 4 is 30.0 Å². The number of carbonyl (C=O) groups excluding carboxylic acids is 5. The molecule has 0 bridgehead atoms. The minimum absolute atomic E-state index is 0.0653. The Morgan fingerprint density at radius 3 is 2.02 bits per heavy atom. The highest BCUT2D eigenvalue weighted by atomic mass is 16.7. The number of cyclic esters (lactones) is 1. The van der Waals surface area contributed by atoms with Gasteiger partial charge in [-0.2, -0.15) is 0 Å². The van der Waals surface area contributed by atoms with Gasteiger partial charge < -0.3 is 38.7 Å². The fraction of sp³-hybridized carbons (Fsp3) is 0.543. The second kappa shape index (κ2) is 22.0. The van der Waals surface area contributed by atoms with Gasteiger partial charge in [-0.25, -0.2) is 9.59 Å². The molecule has 58 heavy (non-hydrogen) atoms. The van der Waals surface area contributed by atoms with Crippen LogP contribution in [0.2, 0.25) is 0 Å². The summed E-state index contributed by atoms with van der Waals surface area (Å²) in [6.45, 7) is 12.3. The Kier molecular flexibility index (Phi) is 17.6. The van der Waals surface area contributed by atoms with Gasteiger partial charge in [0.25, 0.3) is 0 Å². The molecule has 0 saturated carbocycles. The molecule has 2 aromatic rings. The van der Waals surface area contributed by atoms with Crippen LogP contribution in [0.1, 0.15) is 94.9 Å². The number of esters is 3. The molecule has 0 radical (unpaired) electrons. The fourth-order valence-corrected chi connectivity index (χ4v) is 7.95. The standard InChI is InChI=1S/C46H60O12/c1-8-38-35(26-48)23-28(4)19-20-36(49)29(5)24-34(21-22-47)41(30(6)37(50)25-39(51)55-38)58-46-43(57-45(53)33-17-13-10-14-18-33)40(27(2)3)42(31(7)54-46)56-44(52)32-15-11-9-12-16-32/h9-20,22-23,27,29-31,34-35,37-38,40-43,46,48,50H,8,21,24-26H2,1-7H3/t29-,30+,31-,34+,35-,37-,38-,40+,41-,42-,43-,46?/m1/s1. The molecule has 2 heterocycles. The van der Waals surface area contributed by atoms with Crippen LogP contribution in [0.25, 0.3) is 0 Å². The molecule has 12 heteroatoms. The number of hydrogen-bond donors (Lipinski definition) is 2.